The van der Waals surface area contributed by atoms with Crippen LogP contribution in [0.2, 0.25) is 0 Å². The van der Waals surface area contributed by atoms with Crippen molar-refractivity contribution in [2.45, 2.75) is 19.8 Å². The second-order valence-electron chi connectivity index (χ2n) is 7.24. The van der Waals surface area contributed by atoms with Crippen molar-refractivity contribution in [2.24, 2.45) is 10.9 Å². The Morgan fingerprint density at radius 1 is 1.07 bits per heavy atom. The van der Waals surface area contributed by atoms with Crippen molar-refractivity contribution >= 4 is 28.7 Å². The maximum atomic E-state index is 12.4. The van der Waals surface area contributed by atoms with Crippen LogP contribution in [0.3, 0.4) is 0 Å². The molecule has 4 nitrogen and oxygen atoms in total. The molecule has 0 aromatic heterocycles. The fourth-order valence-electron chi connectivity index (χ4n) is 3.64. The van der Waals surface area contributed by atoms with Crippen LogP contribution >= 0.6 is 0 Å². The van der Waals surface area contributed by atoms with Gasteiger partial charge in [0.25, 0.3) is 5.91 Å². The summed E-state index contributed by atoms with van der Waals surface area (Å²) >= 11 is 0. The van der Waals surface area contributed by atoms with Gasteiger partial charge in [0.1, 0.15) is 0 Å². The molecule has 4 rings (SSSR count). The van der Waals surface area contributed by atoms with Gasteiger partial charge in [0, 0.05) is 6.54 Å². The number of amides is 2. The molecule has 0 saturated carbocycles. The van der Waals surface area contributed by atoms with Gasteiger partial charge in [-0.25, -0.2) is 4.99 Å². The van der Waals surface area contributed by atoms with Crippen LogP contribution in [-0.4, -0.2) is 18.4 Å². The number of hydrogen-bond acceptors (Lipinski definition) is 2. The lowest BCUT2D eigenvalue weighted by Gasteiger charge is -2.13. The monoisotopic (exact) mass is 370 g/mol. The van der Waals surface area contributed by atoms with Crippen LogP contribution < -0.4 is 15.9 Å². The average molecular weight is 370 g/mol. The molecule has 0 fully saturated rings. The summed E-state index contributed by atoms with van der Waals surface area (Å²) in [5.74, 6) is -0.456. The van der Waals surface area contributed by atoms with Gasteiger partial charge in [0.15, 0.2) is 0 Å². The molecule has 3 aromatic carbocycles. The van der Waals surface area contributed by atoms with Crippen molar-refractivity contribution in [3.05, 3.63) is 82.4 Å². The summed E-state index contributed by atoms with van der Waals surface area (Å²) in [5, 5.41) is 6.89. The first kappa shape index (κ1) is 18.1. The molecule has 4 heteroatoms. The summed E-state index contributed by atoms with van der Waals surface area (Å²) in [6, 6.07) is 20.0. The average Bonchev–Trinajstić information content (AvgIpc) is 2.69. The summed E-state index contributed by atoms with van der Waals surface area (Å²) in [4.78, 5) is 28.9. The maximum Gasteiger partial charge on any atom is 0.253 e. The highest BCUT2D eigenvalue weighted by atomic mass is 16.2. The molecule has 2 amide bonds. The normalized spacial score (nSPS) is 15.5. The fraction of sp³-hybridized carbons (Fsp3) is 0.208. The largest absolute Gasteiger partial charge is 0.356 e. The predicted octanol–water partition coefficient (Wildman–Crippen LogP) is 2.45. The van der Waals surface area contributed by atoms with E-state index in [1.54, 1.807) is 0 Å². The minimum atomic E-state index is -0.284. The Bertz CT molecular complexity index is 1180. The Kier molecular flexibility index (Phi) is 5.02. The van der Waals surface area contributed by atoms with Crippen molar-refractivity contribution in [1.29, 1.82) is 0 Å². The van der Waals surface area contributed by atoms with E-state index < -0.39 is 0 Å². The van der Waals surface area contributed by atoms with Gasteiger partial charge < -0.3 is 5.32 Å². The molecule has 1 aliphatic heterocycles. The number of hydrogen-bond donors (Lipinski definition) is 1. The predicted molar refractivity (Wildman–Crippen MR) is 110 cm³/mol. The molecular weight excluding hydrogens is 348 g/mol. The van der Waals surface area contributed by atoms with Gasteiger partial charge >= 0.3 is 0 Å². The number of rotatable bonds is 5. The van der Waals surface area contributed by atoms with E-state index >= 15 is 0 Å². The standard InChI is InChI=1S/C24H22N2O2/c1-16-9-10-19-14-20(24(28)26-22(19)13-16)11-12-25-23(27)15-18-7-4-6-17-5-2-3-8-21(17)18/h2-10,13-14,20H,11-12,15H2,1H3,(H,25,27). The minimum absolute atomic E-state index is 0.0347. The number of aryl methyl sites for hydroxylation is 1. The quantitative estimate of drug-likeness (QED) is 0.750. The lowest BCUT2D eigenvalue weighted by atomic mass is 9.99. The zero-order valence-electron chi connectivity index (χ0n) is 15.8. The maximum absolute atomic E-state index is 12.4. The van der Waals surface area contributed by atoms with Crippen molar-refractivity contribution in [3.8, 4) is 0 Å². The van der Waals surface area contributed by atoms with Crippen LogP contribution in [-0.2, 0) is 16.0 Å². The van der Waals surface area contributed by atoms with Gasteiger partial charge in [-0.15, -0.1) is 0 Å². The molecule has 0 bridgehead atoms. The Labute approximate surface area is 163 Å². The third-order valence-electron chi connectivity index (χ3n) is 5.12. The number of fused-ring (bicyclic) bond motifs is 2. The summed E-state index contributed by atoms with van der Waals surface area (Å²) in [6.07, 6.45) is 2.84. The van der Waals surface area contributed by atoms with Crippen molar-refractivity contribution in [1.82, 2.24) is 5.32 Å². The molecule has 0 aliphatic carbocycles. The highest BCUT2D eigenvalue weighted by molar-refractivity contribution is 5.90. The summed E-state index contributed by atoms with van der Waals surface area (Å²) < 4.78 is 0. The SMILES string of the molecule is Cc1ccc2c(c1)=NC(=O)C(CCNC(=O)Cc1cccc3ccccc13)C=2. The zero-order valence-corrected chi connectivity index (χ0v) is 15.8. The van der Waals surface area contributed by atoms with E-state index in [2.05, 4.69) is 10.3 Å². The number of carbonyl (C=O) groups is 2. The number of benzene rings is 3. The molecular formula is C24H22N2O2. The molecule has 1 N–H and O–H groups in total. The zero-order chi connectivity index (χ0) is 19.5. The van der Waals surface area contributed by atoms with E-state index in [0.717, 1.165) is 32.5 Å². The summed E-state index contributed by atoms with van der Waals surface area (Å²) in [5.41, 5.74) is 2.10. The fourth-order valence-corrected chi connectivity index (χ4v) is 3.64. The number of carbonyl (C=O) groups excluding carboxylic acids is 2. The molecule has 140 valence electrons. The molecule has 1 heterocycles. The lowest BCUT2D eigenvalue weighted by Crippen LogP contribution is -2.35. The second kappa shape index (κ2) is 7.77. The van der Waals surface area contributed by atoms with E-state index in [9.17, 15) is 9.59 Å². The minimum Gasteiger partial charge on any atom is -0.356 e. The van der Waals surface area contributed by atoms with Crippen molar-refractivity contribution in [3.63, 3.8) is 0 Å². The van der Waals surface area contributed by atoms with Crippen molar-refractivity contribution in [2.75, 3.05) is 6.54 Å². The summed E-state index contributed by atoms with van der Waals surface area (Å²) in [6.45, 7) is 2.44. The van der Waals surface area contributed by atoms with Gasteiger partial charge in [0.2, 0.25) is 5.91 Å². The first-order valence-electron chi connectivity index (χ1n) is 9.54. The molecule has 3 aromatic rings. The topological polar surface area (TPSA) is 58.5 Å². The Balaban J connectivity index is 1.38. The molecule has 1 aliphatic rings. The Hall–Kier alpha value is -3.27. The van der Waals surface area contributed by atoms with Crippen LogP contribution in [0.25, 0.3) is 16.8 Å². The summed E-state index contributed by atoms with van der Waals surface area (Å²) in [7, 11) is 0. The smallest absolute Gasteiger partial charge is 0.253 e. The van der Waals surface area contributed by atoms with Crippen LogP contribution in [0, 0.1) is 12.8 Å². The van der Waals surface area contributed by atoms with Gasteiger partial charge in [-0.2, -0.15) is 0 Å². The molecule has 0 saturated heterocycles. The van der Waals surface area contributed by atoms with E-state index in [1.165, 1.54) is 0 Å². The molecule has 0 radical (unpaired) electrons. The number of nitrogens with one attached hydrogen (secondary N) is 1. The van der Waals surface area contributed by atoms with E-state index in [-0.39, 0.29) is 17.7 Å². The Morgan fingerprint density at radius 2 is 1.89 bits per heavy atom. The van der Waals surface area contributed by atoms with Gasteiger partial charge in [-0.1, -0.05) is 60.7 Å². The lowest BCUT2D eigenvalue weighted by molar-refractivity contribution is -0.122. The van der Waals surface area contributed by atoms with Gasteiger partial charge in [-0.05, 0) is 46.5 Å². The first-order valence-corrected chi connectivity index (χ1v) is 9.54. The molecule has 1 atom stereocenters. The third-order valence-corrected chi connectivity index (χ3v) is 5.12. The molecule has 1 unspecified atom stereocenters. The van der Waals surface area contributed by atoms with Crippen LogP contribution in [0.4, 0.5) is 0 Å². The van der Waals surface area contributed by atoms with E-state index in [1.807, 2.05) is 73.7 Å². The van der Waals surface area contributed by atoms with Gasteiger partial charge in [-0.3, -0.25) is 9.59 Å². The van der Waals surface area contributed by atoms with Gasteiger partial charge in [0.05, 0.1) is 17.7 Å². The first-order chi connectivity index (χ1) is 13.6. The van der Waals surface area contributed by atoms with E-state index in [4.69, 9.17) is 0 Å². The van der Waals surface area contributed by atoms with Crippen LogP contribution in [0.15, 0.2) is 65.7 Å². The highest BCUT2D eigenvalue weighted by Crippen LogP contribution is 2.18. The van der Waals surface area contributed by atoms with Crippen molar-refractivity contribution < 1.29 is 9.59 Å². The van der Waals surface area contributed by atoms with Crippen LogP contribution in [0.1, 0.15) is 17.5 Å². The number of nitrogens with zero attached hydrogens (tertiary/aromatic N) is 1. The van der Waals surface area contributed by atoms with Crippen LogP contribution in [0.5, 0.6) is 0 Å². The third kappa shape index (κ3) is 3.86. The molecule has 28 heavy (non-hydrogen) atoms. The Morgan fingerprint density at radius 3 is 2.79 bits per heavy atom. The highest BCUT2D eigenvalue weighted by Gasteiger charge is 2.18. The second-order valence-corrected chi connectivity index (χ2v) is 7.24. The molecule has 0 spiro atoms. The van der Waals surface area contributed by atoms with E-state index in [0.29, 0.717) is 19.4 Å².